The number of rotatable bonds is 5. The van der Waals surface area contributed by atoms with Gasteiger partial charge in [0.05, 0.1) is 11.6 Å². The zero-order valence-corrected chi connectivity index (χ0v) is 14.6. The summed E-state index contributed by atoms with van der Waals surface area (Å²) in [4.78, 5) is 9.45. The molecule has 0 spiro atoms. The second-order valence-corrected chi connectivity index (χ2v) is 7.45. The van der Waals surface area contributed by atoms with Gasteiger partial charge in [0, 0.05) is 32.2 Å². The molecular weight excluding hydrogens is 290 g/mol. The van der Waals surface area contributed by atoms with E-state index in [1.807, 2.05) is 17.9 Å². The molecule has 0 bridgehead atoms. The predicted octanol–water partition coefficient (Wildman–Crippen LogP) is 2.89. The molecule has 1 saturated heterocycles. The monoisotopic (exact) mass is 317 g/mol. The lowest BCUT2D eigenvalue weighted by molar-refractivity contribution is 0.184. The van der Waals surface area contributed by atoms with Gasteiger partial charge in [0.25, 0.3) is 0 Å². The van der Waals surface area contributed by atoms with Crippen molar-refractivity contribution in [3.8, 4) is 0 Å². The molecule has 3 heterocycles. The van der Waals surface area contributed by atoms with Crippen LogP contribution < -0.4 is 5.32 Å². The van der Waals surface area contributed by atoms with Crippen molar-refractivity contribution in [2.45, 2.75) is 45.4 Å². The standard InChI is InChI=1S/C17H27N5O/c1-17(2,3)16-20-14(13-10-19-22(4)15(13)21-16)18-8-5-6-12-7-9-23-11-12/h10,12H,5-9,11H2,1-4H3,(H,18,20,21). The largest absolute Gasteiger partial charge is 0.381 e. The summed E-state index contributed by atoms with van der Waals surface area (Å²) in [6, 6.07) is 0. The number of ether oxygens (including phenoxy) is 1. The van der Waals surface area contributed by atoms with Crippen molar-refractivity contribution in [3.63, 3.8) is 0 Å². The molecule has 0 radical (unpaired) electrons. The van der Waals surface area contributed by atoms with Crippen LogP contribution in [0.15, 0.2) is 6.20 Å². The van der Waals surface area contributed by atoms with Gasteiger partial charge >= 0.3 is 0 Å². The number of aryl methyl sites for hydroxylation is 1. The maximum absolute atomic E-state index is 5.43. The molecule has 1 atom stereocenters. The Balaban J connectivity index is 1.73. The van der Waals surface area contributed by atoms with Crippen LogP contribution in [-0.2, 0) is 17.2 Å². The van der Waals surface area contributed by atoms with E-state index in [4.69, 9.17) is 14.7 Å². The topological polar surface area (TPSA) is 64.9 Å². The van der Waals surface area contributed by atoms with Gasteiger partial charge in [-0.25, -0.2) is 9.97 Å². The second-order valence-electron chi connectivity index (χ2n) is 7.45. The first kappa shape index (κ1) is 16.2. The maximum Gasteiger partial charge on any atom is 0.163 e. The summed E-state index contributed by atoms with van der Waals surface area (Å²) in [6.07, 6.45) is 5.38. The minimum Gasteiger partial charge on any atom is -0.381 e. The molecule has 0 amide bonds. The molecule has 3 rings (SSSR count). The Labute approximate surface area is 137 Å². The van der Waals surface area contributed by atoms with E-state index in [-0.39, 0.29) is 5.41 Å². The van der Waals surface area contributed by atoms with Crippen LogP contribution in [0.4, 0.5) is 5.82 Å². The highest BCUT2D eigenvalue weighted by Gasteiger charge is 2.21. The summed E-state index contributed by atoms with van der Waals surface area (Å²) < 4.78 is 7.25. The fourth-order valence-electron chi connectivity index (χ4n) is 2.90. The Kier molecular flexibility index (Phi) is 4.53. The average molecular weight is 317 g/mol. The van der Waals surface area contributed by atoms with E-state index in [1.165, 1.54) is 12.8 Å². The molecule has 0 aromatic carbocycles. The fourth-order valence-corrected chi connectivity index (χ4v) is 2.90. The molecule has 6 heteroatoms. The number of aromatic nitrogens is 4. The molecule has 1 N–H and O–H groups in total. The number of fused-ring (bicyclic) bond motifs is 1. The summed E-state index contributed by atoms with van der Waals surface area (Å²) in [6.45, 7) is 9.17. The van der Waals surface area contributed by atoms with Crippen molar-refractivity contribution in [2.24, 2.45) is 13.0 Å². The normalized spacial score (nSPS) is 18.7. The Bertz CT molecular complexity index is 667. The highest BCUT2D eigenvalue weighted by Crippen LogP contribution is 2.26. The van der Waals surface area contributed by atoms with Crippen molar-refractivity contribution in [1.29, 1.82) is 0 Å². The molecule has 1 unspecified atom stereocenters. The molecule has 23 heavy (non-hydrogen) atoms. The second kappa shape index (κ2) is 6.43. The number of nitrogens with one attached hydrogen (secondary N) is 1. The lowest BCUT2D eigenvalue weighted by Gasteiger charge is -2.18. The van der Waals surface area contributed by atoms with Crippen molar-refractivity contribution in [2.75, 3.05) is 25.1 Å². The van der Waals surface area contributed by atoms with Gasteiger partial charge in [-0.15, -0.1) is 0 Å². The molecule has 1 fully saturated rings. The van der Waals surface area contributed by atoms with Crippen LogP contribution >= 0.6 is 0 Å². The van der Waals surface area contributed by atoms with Crippen LogP contribution in [0.25, 0.3) is 11.0 Å². The first-order chi connectivity index (χ1) is 10.9. The minimum absolute atomic E-state index is 0.0872. The van der Waals surface area contributed by atoms with Gasteiger partial charge in [0.1, 0.15) is 11.6 Å². The smallest absolute Gasteiger partial charge is 0.163 e. The van der Waals surface area contributed by atoms with Crippen LogP contribution in [0.2, 0.25) is 0 Å². The summed E-state index contributed by atoms with van der Waals surface area (Å²) in [7, 11) is 1.92. The molecule has 0 saturated carbocycles. The van der Waals surface area contributed by atoms with E-state index in [9.17, 15) is 0 Å². The third kappa shape index (κ3) is 3.63. The Morgan fingerprint density at radius 3 is 2.87 bits per heavy atom. The Morgan fingerprint density at radius 1 is 1.35 bits per heavy atom. The zero-order chi connectivity index (χ0) is 16.4. The number of anilines is 1. The van der Waals surface area contributed by atoms with Gasteiger partial charge in [0.15, 0.2) is 5.65 Å². The van der Waals surface area contributed by atoms with Crippen LogP contribution in [0.1, 0.15) is 45.9 Å². The lowest BCUT2D eigenvalue weighted by atomic mass is 9.95. The van der Waals surface area contributed by atoms with Crippen molar-refractivity contribution in [1.82, 2.24) is 19.7 Å². The van der Waals surface area contributed by atoms with Gasteiger partial charge in [-0.1, -0.05) is 20.8 Å². The maximum atomic E-state index is 5.43. The first-order valence-electron chi connectivity index (χ1n) is 8.47. The SMILES string of the molecule is Cn1ncc2c(NCCCC3CCOC3)nc(C(C)(C)C)nc21. The van der Waals surface area contributed by atoms with Crippen LogP contribution in [-0.4, -0.2) is 39.5 Å². The third-order valence-corrected chi connectivity index (χ3v) is 4.37. The lowest BCUT2D eigenvalue weighted by Crippen LogP contribution is -2.18. The highest BCUT2D eigenvalue weighted by molar-refractivity contribution is 5.86. The van der Waals surface area contributed by atoms with Gasteiger partial charge in [-0.2, -0.15) is 5.10 Å². The molecule has 1 aliphatic heterocycles. The van der Waals surface area contributed by atoms with Crippen LogP contribution in [0.3, 0.4) is 0 Å². The van der Waals surface area contributed by atoms with E-state index < -0.39 is 0 Å². The van der Waals surface area contributed by atoms with Crippen molar-refractivity contribution < 1.29 is 4.74 Å². The van der Waals surface area contributed by atoms with E-state index in [0.29, 0.717) is 0 Å². The minimum atomic E-state index is -0.0872. The van der Waals surface area contributed by atoms with E-state index >= 15 is 0 Å². The molecular formula is C17H27N5O. The van der Waals surface area contributed by atoms with E-state index in [1.54, 1.807) is 0 Å². The summed E-state index contributed by atoms with van der Waals surface area (Å²) in [5.41, 5.74) is 0.799. The molecule has 6 nitrogen and oxygen atoms in total. The van der Waals surface area contributed by atoms with Gasteiger partial charge in [0.2, 0.25) is 0 Å². The Hall–Kier alpha value is -1.69. The van der Waals surface area contributed by atoms with Gasteiger partial charge in [-0.3, -0.25) is 4.68 Å². The van der Waals surface area contributed by atoms with Crippen LogP contribution in [0, 0.1) is 5.92 Å². The zero-order valence-electron chi connectivity index (χ0n) is 14.6. The number of hydrogen-bond acceptors (Lipinski definition) is 5. The van der Waals surface area contributed by atoms with Gasteiger partial charge < -0.3 is 10.1 Å². The van der Waals surface area contributed by atoms with Crippen molar-refractivity contribution >= 4 is 16.9 Å². The van der Waals surface area contributed by atoms with Crippen molar-refractivity contribution in [3.05, 3.63) is 12.0 Å². The third-order valence-electron chi connectivity index (χ3n) is 4.37. The summed E-state index contributed by atoms with van der Waals surface area (Å²) in [5.74, 6) is 2.47. The highest BCUT2D eigenvalue weighted by atomic mass is 16.5. The molecule has 2 aromatic rings. The fraction of sp³-hybridized carbons (Fsp3) is 0.706. The number of hydrogen-bond donors (Lipinski definition) is 1. The molecule has 0 aliphatic carbocycles. The molecule has 126 valence electrons. The summed E-state index contributed by atoms with van der Waals surface area (Å²) in [5, 5.41) is 8.81. The molecule has 1 aliphatic rings. The van der Waals surface area contributed by atoms with Crippen LogP contribution in [0.5, 0.6) is 0 Å². The number of nitrogens with zero attached hydrogens (tertiary/aromatic N) is 4. The first-order valence-corrected chi connectivity index (χ1v) is 8.47. The predicted molar refractivity (Wildman–Crippen MR) is 91.7 cm³/mol. The van der Waals surface area contributed by atoms with E-state index in [0.717, 1.165) is 54.8 Å². The summed E-state index contributed by atoms with van der Waals surface area (Å²) >= 11 is 0. The average Bonchev–Trinajstić information content (AvgIpc) is 3.13. The quantitative estimate of drug-likeness (QED) is 0.859. The van der Waals surface area contributed by atoms with Gasteiger partial charge in [-0.05, 0) is 25.2 Å². The molecule has 2 aromatic heterocycles. The Morgan fingerprint density at radius 2 is 2.17 bits per heavy atom. The van der Waals surface area contributed by atoms with E-state index in [2.05, 4.69) is 31.2 Å².